The van der Waals surface area contributed by atoms with E-state index in [-0.39, 0.29) is 64.8 Å². The summed E-state index contributed by atoms with van der Waals surface area (Å²) in [5.41, 5.74) is 1.68. The molecule has 4 aromatic rings. The fraction of sp³-hybridized carbons (Fsp3) is 0.500. The second-order valence-corrected chi connectivity index (χ2v) is 18.3. The number of hydrogen-bond acceptors (Lipinski definition) is 9. The molecule has 0 radical (unpaired) electrons. The topological polar surface area (TPSA) is 173 Å². The Hall–Kier alpha value is -2.84. The average molecular weight is 907 g/mol. The van der Waals surface area contributed by atoms with Gasteiger partial charge in [-0.2, -0.15) is 8.42 Å². The number of rotatable bonds is 28. The maximum atomic E-state index is 11.8. The largest absolute Gasteiger partial charge is 2.00 e. The van der Waals surface area contributed by atoms with E-state index < -0.39 is 20.2 Å². The summed E-state index contributed by atoms with van der Waals surface area (Å²) in [5.74, 6) is 1.77. The van der Waals surface area contributed by atoms with Crippen molar-refractivity contribution in [1.82, 2.24) is 0 Å². The number of aryl methyl sites for hydroxylation is 2. The van der Waals surface area contributed by atoms with Crippen molar-refractivity contribution in [2.45, 2.75) is 165 Å². The van der Waals surface area contributed by atoms with Gasteiger partial charge in [0, 0.05) is 6.07 Å². The van der Waals surface area contributed by atoms with Crippen LogP contribution in [0.15, 0.2) is 94.7 Å². The number of unbranched alkanes of at least 4 members (excludes halogenated alkanes) is 18. The Bertz CT molecular complexity index is 1910. The van der Waals surface area contributed by atoms with Gasteiger partial charge in [-0.1, -0.05) is 154 Å². The summed E-state index contributed by atoms with van der Waals surface area (Å²) in [6.07, 6.45) is 26.4. The molecule has 61 heavy (non-hydrogen) atoms. The molecule has 0 saturated heterocycles. The van der Waals surface area contributed by atoms with E-state index in [1.807, 2.05) is 0 Å². The van der Waals surface area contributed by atoms with Crippen LogP contribution in [0, 0.1) is 0 Å². The van der Waals surface area contributed by atoms with Crippen molar-refractivity contribution >= 4 is 58.0 Å². The summed E-state index contributed by atoms with van der Waals surface area (Å²) < 4.78 is 77.2. The maximum Gasteiger partial charge on any atom is 2.00 e. The number of phenolic OH excluding ortho intramolecular Hbond substituents is 1. The first-order valence-corrected chi connectivity index (χ1v) is 24.8. The SMILES string of the molecule is CCCCCCCCCCCCc1cc(O)ccc1Oc1cccc(S(=O)(=O)O)c1.CCCCCCCCCCCCc1cc([O-])ccc1Oc1cccc(S(=O)(=O)[O-])c1.[Ca+2]. The van der Waals surface area contributed by atoms with Crippen molar-refractivity contribution in [2.24, 2.45) is 0 Å². The van der Waals surface area contributed by atoms with Gasteiger partial charge in [-0.15, -0.1) is 5.75 Å². The van der Waals surface area contributed by atoms with Crippen molar-refractivity contribution in [1.29, 1.82) is 0 Å². The molecule has 0 spiro atoms. The minimum atomic E-state index is -4.55. The van der Waals surface area contributed by atoms with E-state index in [2.05, 4.69) is 13.8 Å². The molecule has 0 heterocycles. The molecule has 13 heteroatoms. The minimum Gasteiger partial charge on any atom is -0.872 e. The van der Waals surface area contributed by atoms with Crippen LogP contribution >= 0.6 is 0 Å². The number of ether oxygens (including phenoxy) is 2. The summed E-state index contributed by atoms with van der Waals surface area (Å²) in [6.45, 7) is 4.46. The number of benzene rings is 4. The van der Waals surface area contributed by atoms with E-state index in [1.54, 1.807) is 42.5 Å². The van der Waals surface area contributed by atoms with Gasteiger partial charge in [0.1, 0.15) is 38.9 Å². The van der Waals surface area contributed by atoms with Crippen molar-refractivity contribution in [3.8, 4) is 34.5 Å². The predicted molar refractivity (Wildman–Crippen MR) is 242 cm³/mol. The van der Waals surface area contributed by atoms with Gasteiger partial charge in [-0.3, -0.25) is 4.55 Å². The monoisotopic (exact) mass is 906 g/mol. The number of aromatic hydroxyl groups is 1. The summed E-state index contributed by atoms with van der Waals surface area (Å²) in [6, 6.07) is 20.7. The first-order chi connectivity index (χ1) is 28.8. The van der Waals surface area contributed by atoms with Crippen LogP contribution in [0.5, 0.6) is 34.5 Å². The van der Waals surface area contributed by atoms with Crippen molar-refractivity contribution in [2.75, 3.05) is 0 Å². The van der Waals surface area contributed by atoms with Crippen LogP contribution < -0.4 is 14.6 Å². The summed E-state index contributed by atoms with van der Waals surface area (Å²) >= 11 is 0. The molecular formula is C48H66CaO10S2. The van der Waals surface area contributed by atoms with Crippen LogP contribution in [-0.2, 0) is 33.1 Å². The van der Waals surface area contributed by atoms with Gasteiger partial charge in [0.25, 0.3) is 10.1 Å². The molecule has 0 unspecified atom stereocenters. The van der Waals surface area contributed by atoms with E-state index in [0.717, 1.165) is 49.7 Å². The predicted octanol–water partition coefficient (Wildman–Crippen LogP) is 12.4. The zero-order chi connectivity index (χ0) is 43.6. The fourth-order valence-corrected chi connectivity index (χ4v) is 7.98. The Kier molecular flexibility index (Phi) is 27.0. The Morgan fingerprint density at radius 3 is 1.34 bits per heavy atom. The maximum absolute atomic E-state index is 11.8. The van der Waals surface area contributed by atoms with E-state index in [1.165, 1.54) is 145 Å². The van der Waals surface area contributed by atoms with Crippen molar-refractivity contribution < 1.29 is 45.6 Å². The standard InChI is InChI=1S/2C24H34O5S.Ca/c2*1-2-3-4-5-6-7-8-9-10-11-13-20-18-21(25)16-17-24(20)29-22-14-12-15-23(19-22)30(26,27)28;/h2*12,14-19,25H,2-11,13H2,1H3,(H,26,27,28);/q;;+2/p-2. The molecule has 332 valence electrons. The van der Waals surface area contributed by atoms with Gasteiger partial charge in [-0.25, -0.2) is 8.42 Å². The van der Waals surface area contributed by atoms with Crippen LogP contribution in [0.25, 0.3) is 0 Å². The molecule has 0 atom stereocenters. The molecule has 2 N–H and O–H groups in total. The third-order valence-electron chi connectivity index (χ3n) is 10.3. The Morgan fingerprint density at radius 1 is 0.508 bits per heavy atom. The van der Waals surface area contributed by atoms with E-state index in [0.29, 0.717) is 17.2 Å². The van der Waals surface area contributed by atoms with Crippen molar-refractivity contribution in [3.05, 3.63) is 96.1 Å². The molecule has 0 aliphatic rings. The van der Waals surface area contributed by atoms with Gasteiger partial charge in [0.2, 0.25) is 0 Å². The molecule has 0 fully saturated rings. The van der Waals surface area contributed by atoms with Crippen molar-refractivity contribution in [3.63, 3.8) is 0 Å². The van der Waals surface area contributed by atoms with Gasteiger partial charge < -0.3 is 24.2 Å². The van der Waals surface area contributed by atoms with E-state index >= 15 is 0 Å². The fourth-order valence-electron chi connectivity index (χ4n) is 6.96. The Balaban J connectivity index is 0.000000413. The van der Waals surface area contributed by atoms with E-state index in [4.69, 9.17) is 9.47 Å². The molecule has 4 aromatic carbocycles. The van der Waals surface area contributed by atoms with Crippen LogP contribution in [0.3, 0.4) is 0 Å². The average Bonchev–Trinajstić information content (AvgIpc) is 3.21. The first-order valence-electron chi connectivity index (χ1n) is 21.9. The Labute approximate surface area is 396 Å². The smallest absolute Gasteiger partial charge is 0.872 e. The summed E-state index contributed by atoms with van der Waals surface area (Å²) in [7, 11) is -8.83. The quantitative estimate of drug-likeness (QED) is 0.0317. The minimum absolute atomic E-state index is 0. The molecule has 10 nitrogen and oxygen atoms in total. The summed E-state index contributed by atoms with van der Waals surface area (Å²) in [5, 5.41) is 21.6. The van der Waals surface area contributed by atoms with Gasteiger partial charge in [-0.05, 0) is 91.4 Å². The number of phenols is 1. The van der Waals surface area contributed by atoms with Crippen LogP contribution in [0.2, 0.25) is 0 Å². The van der Waals surface area contributed by atoms with Gasteiger partial charge in [0.05, 0.1) is 9.79 Å². The zero-order valence-electron chi connectivity index (χ0n) is 36.3. The molecule has 0 saturated carbocycles. The molecule has 4 rings (SSSR count). The second kappa shape index (κ2) is 30.3. The van der Waals surface area contributed by atoms with Crippen LogP contribution in [-0.4, -0.2) is 68.8 Å². The second-order valence-electron chi connectivity index (χ2n) is 15.5. The van der Waals surface area contributed by atoms with Gasteiger partial charge >= 0.3 is 37.7 Å². The first kappa shape index (κ1) is 54.3. The van der Waals surface area contributed by atoms with E-state index in [9.17, 15) is 36.2 Å². The molecule has 0 amide bonds. The normalized spacial score (nSPS) is 11.3. The zero-order valence-corrected chi connectivity index (χ0v) is 40.2. The van der Waals surface area contributed by atoms with Crippen LogP contribution in [0.4, 0.5) is 0 Å². The summed E-state index contributed by atoms with van der Waals surface area (Å²) in [4.78, 5) is -0.549. The molecule has 0 aliphatic carbocycles. The number of hydrogen-bond donors (Lipinski definition) is 2. The third-order valence-corrected chi connectivity index (χ3v) is 12.0. The molecule has 0 aliphatic heterocycles. The molecule has 0 aromatic heterocycles. The third kappa shape index (κ3) is 22.9. The van der Waals surface area contributed by atoms with Gasteiger partial charge in [0.15, 0.2) is 0 Å². The molecular weight excluding hydrogens is 841 g/mol. The molecule has 0 bridgehead atoms. The Morgan fingerprint density at radius 2 is 0.902 bits per heavy atom. The van der Waals surface area contributed by atoms with Crippen LogP contribution in [0.1, 0.15) is 153 Å².